The van der Waals surface area contributed by atoms with Crippen molar-refractivity contribution in [2.24, 2.45) is 0 Å². The Kier molecular flexibility index (Phi) is 7.83. The van der Waals surface area contributed by atoms with Gasteiger partial charge in [-0.25, -0.2) is 4.79 Å². The van der Waals surface area contributed by atoms with E-state index in [4.69, 9.17) is 14.6 Å². The zero-order chi connectivity index (χ0) is 17.2. The lowest BCUT2D eigenvalue weighted by Crippen LogP contribution is -2.44. The third kappa shape index (κ3) is 6.97. The molecule has 6 heteroatoms. The topological polar surface area (TPSA) is 84.9 Å². The van der Waals surface area contributed by atoms with E-state index in [9.17, 15) is 9.59 Å². The minimum Gasteiger partial charge on any atom is -0.493 e. The average Bonchev–Trinajstić information content (AvgIpc) is 2.48. The Morgan fingerprint density at radius 1 is 1.39 bits per heavy atom. The van der Waals surface area contributed by atoms with Crippen LogP contribution < -0.4 is 10.1 Å². The highest BCUT2D eigenvalue weighted by Crippen LogP contribution is 2.18. The Hall–Kier alpha value is -2.34. The molecule has 0 bridgehead atoms. The minimum atomic E-state index is -1.14. The molecule has 0 fully saturated rings. The van der Waals surface area contributed by atoms with Crippen molar-refractivity contribution in [2.75, 3.05) is 19.8 Å². The molecule has 0 saturated heterocycles. The largest absolute Gasteiger partial charge is 0.493 e. The van der Waals surface area contributed by atoms with Crippen LogP contribution in [0.3, 0.4) is 0 Å². The van der Waals surface area contributed by atoms with Gasteiger partial charge in [-0.3, -0.25) is 4.79 Å². The number of ether oxygens (including phenoxy) is 2. The number of rotatable bonds is 10. The molecule has 23 heavy (non-hydrogen) atoms. The standard InChI is InChI=1S/C17H23NO5/c1-4-8-22-11-14(17(20)21)18-16(19)7-9-23-15-6-5-12(2)10-13(15)3/h4-6,10,14H,1,7-9,11H2,2-3H3,(H,18,19)(H,20,21). The highest BCUT2D eigenvalue weighted by atomic mass is 16.5. The van der Waals surface area contributed by atoms with Crippen LogP contribution in [-0.4, -0.2) is 42.8 Å². The molecule has 0 saturated carbocycles. The van der Waals surface area contributed by atoms with Crippen molar-refractivity contribution in [3.05, 3.63) is 42.0 Å². The summed E-state index contributed by atoms with van der Waals surface area (Å²) in [5, 5.41) is 11.4. The van der Waals surface area contributed by atoms with Crippen LogP contribution in [0.1, 0.15) is 17.5 Å². The molecule has 1 unspecified atom stereocenters. The van der Waals surface area contributed by atoms with Crippen molar-refractivity contribution in [1.82, 2.24) is 5.32 Å². The zero-order valence-electron chi connectivity index (χ0n) is 13.5. The number of aliphatic carboxylic acids is 1. The summed E-state index contributed by atoms with van der Waals surface area (Å²) >= 11 is 0. The SMILES string of the molecule is C=CCOCC(NC(=O)CCOc1ccc(C)cc1C)C(=O)O. The van der Waals surface area contributed by atoms with Gasteiger partial charge in [-0.05, 0) is 25.5 Å². The van der Waals surface area contributed by atoms with E-state index in [2.05, 4.69) is 11.9 Å². The summed E-state index contributed by atoms with van der Waals surface area (Å²) in [5.74, 6) is -0.824. The van der Waals surface area contributed by atoms with E-state index in [1.165, 1.54) is 6.08 Å². The number of amides is 1. The number of nitrogens with one attached hydrogen (secondary N) is 1. The van der Waals surface area contributed by atoms with Gasteiger partial charge in [-0.1, -0.05) is 23.8 Å². The van der Waals surface area contributed by atoms with Crippen molar-refractivity contribution >= 4 is 11.9 Å². The quantitative estimate of drug-likeness (QED) is 0.507. The van der Waals surface area contributed by atoms with Gasteiger partial charge >= 0.3 is 5.97 Å². The predicted molar refractivity (Wildman–Crippen MR) is 86.6 cm³/mol. The Bertz CT molecular complexity index is 556. The lowest BCUT2D eigenvalue weighted by molar-refractivity contribution is -0.143. The van der Waals surface area contributed by atoms with Gasteiger partial charge in [-0.15, -0.1) is 6.58 Å². The normalized spacial score (nSPS) is 11.6. The van der Waals surface area contributed by atoms with Gasteiger partial charge in [0.25, 0.3) is 0 Å². The molecule has 0 aliphatic carbocycles. The van der Waals surface area contributed by atoms with Gasteiger partial charge in [0, 0.05) is 0 Å². The first-order chi connectivity index (χ1) is 10.9. The van der Waals surface area contributed by atoms with Crippen LogP contribution in [0, 0.1) is 13.8 Å². The van der Waals surface area contributed by atoms with Crippen LogP contribution >= 0.6 is 0 Å². The third-order valence-electron chi connectivity index (χ3n) is 3.07. The number of carbonyl (C=O) groups is 2. The molecule has 2 N–H and O–H groups in total. The molecule has 1 amide bonds. The Balaban J connectivity index is 2.39. The zero-order valence-corrected chi connectivity index (χ0v) is 13.5. The maximum atomic E-state index is 11.8. The lowest BCUT2D eigenvalue weighted by Gasteiger charge is -2.15. The second-order valence-corrected chi connectivity index (χ2v) is 5.15. The Morgan fingerprint density at radius 2 is 2.13 bits per heavy atom. The molecule has 0 aromatic heterocycles. The van der Waals surface area contributed by atoms with E-state index in [1.807, 2.05) is 32.0 Å². The fraction of sp³-hybridized carbons (Fsp3) is 0.412. The number of hydrogen-bond acceptors (Lipinski definition) is 4. The summed E-state index contributed by atoms with van der Waals surface area (Å²) in [4.78, 5) is 22.8. The van der Waals surface area contributed by atoms with Crippen LogP contribution in [0.5, 0.6) is 5.75 Å². The van der Waals surface area contributed by atoms with E-state index in [-0.39, 0.29) is 26.2 Å². The van der Waals surface area contributed by atoms with E-state index in [0.29, 0.717) is 5.75 Å². The van der Waals surface area contributed by atoms with Crippen LogP contribution in [0.25, 0.3) is 0 Å². The van der Waals surface area contributed by atoms with E-state index >= 15 is 0 Å². The molecule has 0 heterocycles. The summed E-state index contributed by atoms with van der Waals surface area (Å²) in [6.07, 6.45) is 1.58. The van der Waals surface area contributed by atoms with Crippen LogP contribution in [-0.2, 0) is 14.3 Å². The number of hydrogen-bond donors (Lipinski definition) is 2. The molecule has 1 atom stereocenters. The molecule has 0 aliphatic heterocycles. The van der Waals surface area contributed by atoms with E-state index < -0.39 is 17.9 Å². The van der Waals surface area contributed by atoms with Gasteiger partial charge in [0.05, 0.1) is 26.2 Å². The maximum Gasteiger partial charge on any atom is 0.328 e. The molecule has 0 spiro atoms. The third-order valence-corrected chi connectivity index (χ3v) is 3.07. The first kappa shape index (κ1) is 18.7. The second kappa shape index (κ2) is 9.63. The van der Waals surface area contributed by atoms with Crippen LogP contribution in [0.15, 0.2) is 30.9 Å². The number of carbonyl (C=O) groups excluding carboxylic acids is 1. The van der Waals surface area contributed by atoms with E-state index in [1.54, 1.807) is 0 Å². The number of carboxylic acid groups (broad SMARTS) is 1. The van der Waals surface area contributed by atoms with Gasteiger partial charge < -0.3 is 19.9 Å². The predicted octanol–water partition coefficient (Wildman–Crippen LogP) is 1.84. The summed E-state index contributed by atoms with van der Waals surface area (Å²) in [6.45, 7) is 7.69. The lowest BCUT2D eigenvalue weighted by atomic mass is 10.1. The summed E-state index contributed by atoms with van der Waals surface area (Å²) in [7, 11) is 0. The van der Waals surface area contributed by atoms with Gasteiger partial charge in [0.1, 0.15) is 5.75 Å². The van der Waals surface area contributed by atoms with Crippen molar-refractivity contribution in [2.45, 2.75) is 26.3 Å². The van der Waals surface area contributed by atoms with Crippen LogP contribution in [0.2, 0.25) is 0 Å². The molecule has 1 aromatic carbocycles. The average molecular weight is 321 g/mol. The molecule has 6 nitrogen and oxygen atoms in total. The van der Waals surface area contributed by atoms with Gasteiger partial charge in [0.15, 0.2) is 6.04 Å². The Morgan fingerprint density at radius 3 is 2.74 bits per heavy atom. The number of aryl methyl sites for hydroxylation is 2. The molecular formula is C17H23NO5. The molecule has 0 aliphatic rings. The molecular weight excluding hydrogens is 298 g/mol. The van der Waals surface area contributed by atoms with Crippen LogP contribution in [0.4, 0.5) is 0 Å². The molecule has 1 rings (SSSR count). The monoisotopic (exact) mass is 321 g/mol. The fourth-order valence-corrected chi connectivity index (χ4v) is 1.93. The summed E-state index contributed by atoms with van der Waals surface area (Å²) in [5.41, 5.74) is 2.13. The molecule has 1 aromatic rings. The number of carboxylic acids is 1. The van der Waals surface area contributed by atoms with Crippen molar-refractivity contribution in [3.8, 4) is 5.75 Å². The first-order valence-corrected chi connectivity index (χ1v) is 7.35. The van der Waals surface area contributed by atoms with Crippen molar-refractivity contribution in [3.63, 3.8) is 0 Å². The van der Waals surface area contributed by atoms with Gasteiger partial charge in [-0.2, -0.15) is 0 Å². The highest BCUT2D eigenvalue weighted by molar-refractivity contribution is 5.83. The van der Waals surface area contributed by atoms with Crippen molar-refractivity contribution in [1.29, 1.82) is 0 Å². The maximum absolute atomic E-state index is 11.8. The summed E-state index contributed by atoms with van der Waals surface area (Å²) < 4.78 is 10.6. The van der Waals surface area contributed by atoms with Crippen molar-refractivity contribution < 1.29 is 24.2 Å². The smallest absolute Gasteiger partial charge is 0.328 e. The highest BCUT2D eigenvalue weighted by Gasteiger charge is 2.19. The minimum absolute atomic E-state index is 0.0680. The molecule has 126 valence electrons. The Labute approximate surface area is 136 Å². The molecule has 0 radical (unpaired) electrons. The summed E-state index contributed by atoms with van der Waals surface area (Å²) in [6, 6.07) is 4.70. The van der Waals surface area contributed by atoms with Gasteiger partial charge in [0.2, 0.25) is 5.91 Å². The second-order valence-electron chi connectivity index (χ2n) is 5.15. The fourth-order valence-electron chi connectivity index (χ4n) is 1.93. The first-order valence-electron chi connectivity index (χ1n) is 7.35. The van der Waals surface area contributed by atoms with E-state index in [0.717, 1.165) is 11.1 Å². The number of benzene rings is 1.